The molecule has 0 bridgehead atoms. The summed E-state index contributed by atoms with van der Waals surface area (Å²) in [6.45, 7) is 5.78. The number of nitrogens with zero attached hydrogens (tertiary/aromatic N) is 4. The molecule has 2 fully saturated rings. The van der Waals surface area contributed by atoms with E-state index < -0.39 is 5.54 Å². The predicted octanol–water partition coefficient (Wildman–Crippen LogP) is 4.82. The SMILES string of the molecule is Cc1ccc(N2CCNCC2)cc1C(=O)NC1(c2cc(-c3cnn(C)c3)cc(-c3ccc(C#N)s3)c2)CC1. The molecule has 8 heteroatoms. The van der Waals surface area contributed by atoms with Crippen LogP contribution in [0.5, 0.6) is 0 Å². The van der Waals surface area contributed by atoms with Crippen LogP contribution in [0.1, 0.15) is 39.2 Å². The number of anilines is 1. The van der Waals surface area contributed by atoms with Crippen LogP contribution in [-0.4, -0.2) is 41.9 Å². The lowest BCUT2D eigenvalue weighted by atomic mass is 9.95. The molecule has 3 heterocycles. The quantitative estimate of drug-likeness (QED) is 0.379. The lowest BCUT2D eigenvalue weighted by Crippen LogP contribution is -2.43. The number of piperazine rings is 1. The summed E-state index contributed by atoms with van der Waals surface area (Å²) in [5.41, 5.74) is 6.60. The molecule has 0 spiro atoms. The van der Waals surface area contributed by atoms with Gasteiger partial charge in [0.1, 0.15) is 10.9 Å². The Kier molecular flexibility index (Phi) is 6.26. The van der Waals surface area contributed by atoms with Crippen molar-refractivity contribution in [2.75, 3.05) is 31.1 Å². The van der Waals surface area contributed by atoms with Crippen molar-refractivity contribution in [1.29, 1.82) is 5.26 Å². The summed E-state index contributed by atoms with van der Waals surface area (Å²) >= 11 is 1.48. The number of thiophene rings is 1. The van der Waals surface area contributed by atoms with Crippen molar-refractivity contribution in [3.63, 3.8) is 0 Å². The predicted molar refractivity (Wildman–Crippen MR) is 151 cm³/mol. The summed E-state index contributed by atoms with van der Waals surface area (Å²) in [5.74, 6) is -0.0341. The van der Waals surface area contributed by atoms with Gasteiger partial charge in [0.2, 0.25) is 0 Å². The Labute approximate surface area is 226 Å². The van der Waals surface area contributed by atoms with Crippen molar-refractivity contribution in [3.8, 4) is 27.6 Å². The number of nitriles is 1. The Morgan fingerprint density at radius 3 is 2.55 bits per heavy atom. The van der Waals surface area contributed by atoms with E-state index in [1.807, 2.05) is 44.6 Å². The van der Waals surface area contributed by atoms with E-state index in [9.17, 15) is 10.1 Å². The first-order valence-electron chi connectivity index (χ1n) is 13.0. The van der Waals surface area contributed by atoms with Crippen LogP contribution < -0.4 is 15.5 Å². The fourth-order valence-corrected chi connectivity index (χ4v) is 6.00. The van der Waals surface area contributed by atoms with E-state index in [4.69, 9.17) is 0 Å². The lowest BCUT2D eigenvalue weighted by Gasteiger charge is -2.30. The van der Waals surface area contributed by atoms with Crippen molar-refractivity contribution >= 4 is 22.9 Å². The molecule has 0 unspecified atom stereocenters. The monoisotopic (exact) mass is 522 g/mol. The second-order valence-corrected chi connectivity index (χ2v) is 11.3. The maximum atomic E-state index is 13.7. The number of carbonyl (C=O) groups excluding carboxylic acids is 1. The highest BCUT2D eigenvalue weighted by Gasteiger charge is 2.46. The van der Waals surface area contributed by atoms with Crippen molar-refractivity contribution in [2.24, 2.45) is 7.05 Å². The molecule has 2 aromatic heterocycles. The van der Waals surface area contributed by atoms with E-state index in [0.29, 0.717) is 4.88 Å². The van der Waals surface area contributed by atoms with Gasteiger partial charge in [-0.1, -0.05) is 6.07 Å². The molecule has 2 N–H and O–H groups in total. The number of amides is 1. The molecule has 7 nitrogen and oxygen atoms in total. The summed E-state index contributed by atoms with van der Waals surface area (Å²) in [7, 11) is 1.91. The minimum absolute atomic E-state index is 0.0341. The van der Waals surface area contributed by atoms with Gasteiger partial charge in [0.05, 0.1) is 11.7 Å². The number of aromatic nitrogens is 2. The zero-order valence-electron chi connectivity index (χ0n) is 21.6. The fourth-order valence-electron chi connectivity index (χ4n) is 5.21. The van der Waals surface area contributed by atoms with E-state index in [1.54, 1.807) is 4.68 Å². The molecule has 6 rings (SSSR count). The van der Waals surface area contributed by atoms with Gasteiger partial charge in [0, 0.05) is 61.1 Å². The molecule has 192 valence electrons. The molecule has 1 aliphatic heterocycles. The second-order valence-electron chi connectivity index (χ2n) is 10.2. The van der Waals surface area contributed by atoms with Crippen LogP contribution in [-0.2, 0) is 12.6 Å². The van der Waals surface area contributed by atoms with Gasteiger partial charge in [0.25, 0.3) is 5.91 Å². The van der Waals surface area contributed by atoms with Gasteiger partial charge >= 0.3 is 0 Å². The van der Waals surface area contributed by atoms with Crippen LogP contribution in [0.3, 0.4) is 0 Å². The van der Waals surface area contributed by atoms with E-state index in [1.165, 1.54) is 11.3 Å². The molecular formula is C30H30N6OS. The molecule has 2 aliphatic rings. The Morgan fingerprint density at radius 1 is 1.08 bits per heavy atom. The highest BCUT2D eigenvalue weighted by atomic mass is 32.1. The van der Waals surface area contributed by atoms with Crippen LogP contribution >= 0.6 is 11.3 Å². The molecule has 0 radical (unpaired) electrons. The van der Waals surface area contributed by atoms with E-state index in [0.717, 1.165) is 83.0 Å². The van der Waals surface area contributed by atoms with E-state index >= 15 is 0 Å². The fraction of sp³-hybridized carbons (Fsp3) is 0.300. The maximum absolute atomic E-state index is 13.7. The third kappa shape index (κ3) is 4.71. The normalized spacial score (nSPS) is 16.2. The van der Waals surface area contributed by atoms with Crippen LogP contribution in [0, 0.1) is 18.3 Å². The number of carbonyl (C=O) groups is 1. The Morgan fingerprint density at radius 2 is 1.87 bits per heavy atom. The minimum atomic E-state index is -0.406. The van der Waals surface area contributed by atoms with Crippen LogP contribution in [0.2, 0.25) is 0 Å². The molecule has 1 amide bonds. The van der Waals surface area contributed by atoms with Crippen molar-refractivity contribution in [1.82, 2.24) is 20.4 Å². The number of benzene rings is 2. The van der Waals surface area contributed by atoms with Crippen molar-refractivity contribution < 1.29 is 4.79 Å². The van der Waals surface area contributed by atoms with Gasteiger partial charge < -0.3 is 15.5 Å². The summed E-state index contributed by atoms with van der Waals surface area (Å²) in [6.07, 6.45) is 5.64. The first-order valence-corrected chi connectivity index (χ1v) is 13.8. The second kappa shape index (κ2) is 9.75. The van der Waals surface area contributed by atoms with Gasteiger partial charge in [-0.2, -0.15) is 10.4 Å². The smallest absolute Gasteiger partial charge is 0.252 e. The Balaban J connectivity index is 1.34. The summed E-state index contributed by atoms with van der Waals surface area (Å²) in [6, 6.07) is 18.8. The minimum Gasteiger partial charge on any atom is -0.369 e. The largest absolute Gasteiger partial charge is 0.369 e. The summed E-state index contributed by atoms with van der Waals surface area (Å²) in [5, 5.41) is 20.5. The molecule has 38 heavy (non-hydrogen) atoms. The highest BCUT2D eigenvalue weighted by Crippen LogP contribution is 2.48. The Bertz CT molecular complexity index is 1550. The molecule has 0 atom stereocenters. The van der Waals surface area contributed by atoms with Gasteiger partial charge in [0.15, 0.2) is 0 Å². The Hall–Kier alpha value is -3.93. The van der Waals surface area contributed by atoms with Gasteiger partial charge in [-0.3, -0.25) is 9.48 Å². The average molecular weight is 523 g/mol. The average Bonchev–Trinajstić information content (AvgIpc) is 3.33. The molecule has 1 saturated carbocycles. The number of hydrogen-bond donors (Lipinski definition) is 2. The molecule has 2 aromatic carbocycles. The standard InChI is InChI=1S/C30H30N6OS/c1-20-3-4-25(36-11-9-32-10-12-36)16-27(20)29(37)34-30(7-8-30)24-14-21(23-18-33-35(2)19-23)13-22(15-24)28-6-5-26(17-31)38-28/h3-6,13-16,18-19,32H,7-12H2,1-2H3,(H,34,37). The molecule has 1 aliphatic carbocycles. The van der Waals surface area contributed by atoms with Crippen molar-refractivity contribution in [2.45, 2.75) is 25.3 Å². The number of aryl methyl sites for hydroxylation is 2. The topological polar surface area (TPSA) is 86.0 Å². The number of rotatable bonds is 6. The van der Waals surface area contributed by atoms with E-state index in [-0.39, 0.29) is 5.91 Å². The van der Waals surface area contributed by atoms with Crippen molar-refractivity contribution in [3.05, 3.63) is 82.5 Å². The first kappa shape index (κ1) is 24.4. The lowest BCUT2D eigenvalue weighted by molar-refractivity contribution is 0.0930. The van der Waals surface area contributed by atoms with Crippen LogP contribution in [0.4, 0.5) is 5.69 Å². The maximum Gasteiger partial charge on any atom is 0.252 e. The number of nitrogens with one attached hydrogen (secondary N) is 2. The highest BCUT2D eigenvalue weighted by molar-refractivity contribution is 7.16. The zero-order valence-corrected chi connectivity index (χ0v) is 22.4. The van der Waals surface area contributed by atoms with Gasteiger partial charge in [-0.05, 0) is 84.5 Å². The van der Waals surface area contributed by atoms with Crippen LogP contribution in [0.25, 0.3) is 21.6 Å². The molecule has 4 aromatic rings. The van der Waals surface area contributed by atoms with E-state index in [2.05, 4.69) is 57.0 Å². The summed E-state index contributed by atoms with van der Waals surface area (Å²) < 4.78 is 1.80. The third-order valence-corrected chi connectivity index (χ3v) is 8.61. The molecular weight excluding hydrogens is 492 g/mol. The van der Waals surface area contributed by atoms with Gasteiger partial charge in [-0.25, -0.2) is 0 Å². The number of hydrogen-bond acceptors (Lipinski definition) is 6. The summed E-state index contributed by atoms with van der Waals surface area (Å²) in [4.78, 5) is 17.7. The zero-order chi connectivity index (χ0) is 26.3. The first-order chi connectivity index (χ1) is 18.4. The third-order valence-electron chi connectivity index (χ3n) is 7.58. The van der Waals surface area contributed by atoms with Crippen LogP contribution in [0.15, 0.2) is 60.9 Å². The van der Waals surface area contributed by atoms with Gasteiger partial charge in [-0.15, -0.1) is 11.3 Å². The molecule has 1 saturated heterocycles.